The molecule has 0 spiro atoms. The molecule has 0 saturated carbocycles. The molecule has 1 unspecified atom stereocenters. The van der Waals surface area contributed by atoms with Crippen LogP contribution in [0.25, 0.3) is 0 Å². The Morgan fingerprint density at radius 2 is 2.05 bits per heavy atom. The molecular formula is C16H20N4O. The van der Waals surface area contributed by atoms with Gasteiger partial charge >= 0.3 is 0 Å². The molecule has 1 aromatic carbocycles. The van der Waals surface area contributed by atoms with Crippen LogP contribution in [0.4, 0.5) is 17.2 Å². The minimum atomic E-state index is 0.0262. The fourth-order valence-corrected chi connectivity index (χ4v) is 2.77. The quantitative estimate of drug-likeness (QED) is 0.938. The van der Waals surface area contributed by atoms with E-state index >= 15 is 0 Å². The van der Waals surface area contributed by atoms with E-state index in [4.69, 9.17) is 10.5 Å². The summed E-state index contributed by atoms with van der Waals surface area (Å²) < 4.78 is 5.67. The molecule has 5 nitrogen and oxygen atoms in total. The number of anilines is 3. The van der Waals surface area contributed by atoms with Gasteiger partial charge in [-0.25, -0.2) is 4.98 Å². The standard InChI is InChI=1S/C16H20N4O/c1-10(2)21-16-14(17)15(18-9-19-16)20-11(3)8-12-6-4-5-7-13(12)20/h4-7,9-11H,8,17H2,1-3H3. The average Bonchev–Trinajstić information content (AvgIpc) is 2.77. The van der Waals surface area contributed by atoms with Gasteiger partial charge in [0.25, 0.3) is 0 Å². The van der Waals surface area contributed by atoms with Gasteiger partial charge in [-0.3, -0.25) is 0 Å². The Balaban J connectivity index is 2.05. The summed E-state index contributed by atoms with van der Waals surface area (Å²) in [6.07, 6.45) is 2.52. The van der Waals surface area contributed by atoms with E-state index < -0.39 is 0 Å². The second kappa shape index (κ2) is 5.24. The predicted molar refractivity (Wildman–Crippen MR) is 84.0 cm³/mol. The van der Waals surface area contributed by atoms with E-state index in [0.29, 0.717) is 17.6 Å². The molecule has 2 N–H and O–H groups in total. The zero-order valence-electron chi connectivity index (χ0n) is 12.6. The van der Waals surface area contributed by atoms with Crippen LogP contribution in [0.2, 0.25) is 0 Å². The molecule has 0 bridgehead atoms. The van der Waals surface area contributed by atoms with Crippen molar-refractivity contribution >= 4 is 17.2 Å². The molecule has 3 rings (SSSR count). The van der Waals surface area contributed by atoms with E-state index in [-0.39, 0.29) is 6.10 Å². The van der Waals surface area contributed by atoms with Crippen molar-refractivity contribution in [2.75, 3.05) is 10.6 Å². The first kappa shape index (κ1) is 13.7. The van der Waals surface area contributed by atoms with Crippen LogP contribution in [0.15, 0.2) is 30.6 Å². The number of nitrogens with zero attached hydrogens (tertiary/aromatic N) is 3. The lowest BCUT2D eigenvalue weighted by atomic mass is 10.1. The largest absolute Gasteiger partial charge is 0.473 e. The number of ether oxygens (including phenoxy) is 1. The smallest absolute Gasteiger partial charge is 0.242 e. The third kappa shape index (κ3) is 2.39. The van der Waals surface area contributed by atoms with Crippen LogP contribution >= 0.6 is 0 Å². The number of aromatic nitrogens is 2. The lowest BCUT2D eigenvalue weighted by molar-refractivity contribution is 0.234. The Kier molecular flexibility index (Phi) is 3.41. The molecule has 0 radical (unpaired) electrons. The lowest BCUT2D eigenvalue weighted by Gasteiger charge is -2.25. The molecule has 0 aliphatic carbocycles. The molecule has 5 heteroatoms. The van der Waals surface area contributed by atoms with Crippen LogP contribution in [0.5, 0.6) is 5.88 Å². The van der Waals surface area contributed by atoms with Crippen LogP contribution in [0.3, 0.4) is 0 Å². The number of nitrogen functional groups attached to an aromatic ring is 1. The molecule has 2 aromatic rings. The van der Waals surface area contributed by atoms with Gasteiger partial charge in [0.15, 0.2) is 5.82 Å². The molecule has 1 aliphatic rings. The van der Waals surface area contributed by atoms with Gasteiger partial charge in [-0.05, 0) is 38.8 Å². The molecule has 110 valence electrons. The first-order valence-electron chi connectivity index (χ1n) is 7.22. The predicted octanol–water partition coefficient (Wildman–Crippen LogP) is 2.93. The molecule has 0 saturated heterocycles. The van der Waals surface area contributed by atoms with E-state index in [2.05, 4.69) is 40.0 Å². The molecule has 2 heterocycles. The highest BCUT2D eigenvalue weighted by Gasteiger charge is 2.30. The average molecular weight is 284 g/mol. The molecule has 1 aromatic heterocycles. The van der Waals surface area contributed by atoms with Crippen molar-refractivity contribution in [1.82, 2.24) is 9.97 Å². The summed E-state index contributed by atoms with van der Waals surface area (Å²) in [5.74, 6) is 1.17. The van der Waals surface area contributed by atoms with E-state index in [1.165, 1.54) is 11.9 Å². The normalized spacial score (nSPS) is 17.1. The van der Waals surface area contributed by atoms with Crippen molar-refractivity contribution < 1.29 is 4.74 Å². The van der Waals surface area contributed by atoms with Crippen molar-refractivity contribution in [2.24, 2.45) is 0 Å². The van der Waals surface area contributed by atoms with Gasteiger partial charge in [0.1, 0.15) is 12.0 Å². The van der Waals surface area contributed by atoms with Gasteiger partial charge < -0.3 is 15.4 Å². The van der Waals surface area contributed by atoms with Crippen molar-refractivity contribution in [3.05, 3.63) is 36.2 Å². The Hall–Kier alpha value is -2.30. The minimum Gasteiger partial charge on any atom is -0.473 e. The topological polar surface area (TPSA) is 64.3 Å². The Morgan fingerprint density at radius 3 is 2.81 bits per heavy atom. The summed E-state index contributed by atoms with van der Waals surface area (Å²) in [5.41, 5.74) is 9.21. The number of fused-ring (bicyclic) bond motifs is 1. The van der Waals surface area contributed by atoms with Crippen LogP contribution < -0.4 is 15.4 Å². The summed E-state index contributed by atoms with van der Waals surface area (Å²) >= 11 is 0. The van der Waals surface area contributed by atoms with E-state index in [1.807, 2.05) is 19.9 Å². The molecule has 1 aliphatic heterocycles. The number of benzene rings is 1. The molecule has 21 heavy (non-hydrogen) atoms. The van der Waals surface area contributed by atoms with Gasteiger partial charge in [0.05, 0.1) is 6.10 Å². The summed E-state index contributed by atoms with van der Waals surface area (Å²) in [7, 11) is 0. The van der Waals surface area contributed by atoms with Crippen molar-refractivity contribution in [1.29, 1.82) is 0 Å². The maximum absolute atomic E-state index is 6.24. The van der Waals surface area contributed by atoms with Gasteiger partial charge in [-0.2, -0.15) is 4.98 Å². The number of para-hydroxylation sites is 1. The Morgan fingerprint density at radius 1 is 1.29 bits per heavy atom. The lowest BCUT2D eigenvalue weighted by Crippen LogP contribution is -2.26. The number of hydrogen-bond donors (Lipinski definition) is 1. The number of nitrogens with two attached hydrogens (primary N) is 1. The molecule has 0 amide bonds. The van der Waals surface area contributed by atoms with Gasteiger partial charge in [-0.15, -0.1) is 0 Å². The zero-order valence-corrected chi connectivity index (χ0v) is 12.6. The highest BCUT2D eigenvalue weighted by atomic mass is 16.5. The SMILES string of the molecule is CC(C)Oc1ncnc(N2c3ccccc3CC2C)c1N. The second-order valence-electron chi connectivity index (χ2n) is 5.63. The van der Waals surface area contributed by atoms with Crippen LogP contribution in [-0.2, 0) is 6.42 Å². The van der Waals surface area contributed by atoms with Crippen molar-refractivity contribution in [2.45, 2.75) is 39.3 Å². The monoisotopic (exact) mass is 284 g/mol. The van der Waals surface area contributed by atoms with Gasteiger partial charge in [0.2, 0.25) is 5.88 Å². The van der Waals surface area contributed by atoms with E-state index in [0.717, 1.165) is 17.9 Å². The summed E-state index contributed by atoms with van der Waals surface area (Å²) in [4.78, 5) is 10.7. The van der Waals surface area contributed by atoms with Gasteiger partial charge in [-0.1, -0.05) is 18.2 Å². The Labute approximate surface area is 124 Å². The highest BCUT2D eigenvalue weighted by molar-refractivity contribution is 5.78. The fraction of sp³-hybridized carbons (Fsp3) is 0.375. The van der Waals surface area contributed by atoms with Gasteiger partial charge in [0, 0.05) is 11.7 Å². The minimum absolute atomic E-state index is 0.0262. The van der Waals surface area contributed by atoms with Crippen molar-refractivity contribution in [3.8, 4) is 5.88 Å². The third-order valence-electron chi connectivity index (χ3n) is 3.61. The first-order chi connectivity index (χ1) is 10.1. The summed E-state index contributed by atoms with van der Waals surface area (Å²) in [6, 6.07) is 8.66. The molecule has 1 atom stereocenters. The van der Waals surface area contributed by atoms with Crippen LogP contribution in [-0.4, -0.2) is 22.1 Å². The third-order valence-corrected chi connectivity index (χ3v) is 3.61. The summed E-state index contributed by atoms with van der Waals surface area (Å²) in [5, 5.41) is 0. The number of hydrogen-bond acceptors (Lipinski definition) is 5. The fourth-order valence-electron chi connectivity index (χ4n) is 2.77. The molecular weight excluding hydrogens is 264 g/mol. The van der Waals surface area contributed by atoms with E-state index in [1.54, 1.807) is 0 Å². The maximum Gasteiger partial charge on any atom is 0.242 e. The second-order valence-corrected chi connectivity index (χ2v) is 5.63. The Bertz CT molecular complexity index is 656. The molecule has 0 fully saturated rings. The number of rotatable bonds is 3. The van der Waals surface area contributed by atoms with E-state index in [9.17, 15) is 0 Å². The zero-order chi connectivity index (χ0) is 15.0. The summed E-state index contributed by atoms with van der Waals surface area (Å²) in [6.45, 7) is 6.08. The van der Waals surface area contributed by atoms with Crippen molar-refractivity contribution in [3.63, 3.8) is 0 Å². The van der Waals surface area contributed by atoms with Crippen LogP contribution in [0, 0.1) is 0 Å². The van der Waals surface area contributed by atoms with Crippen LogP contribution in [0.1, 0.15) is 26.3 Å². The first-order valence-corrected chi connectivity index (χ1v) is 7.22. The maximum atomic E-state index is 6.24. The highest BCUT2D eigenvalue weighted by Crippen LogP contribution is 2.41.